The van der Waals surface area contributed by atoms with Crippen molar-refractivity contribution in [1.29, 1.82) is 0 Å². The molecule has 1 atom stereocenters. The zero-order valence-corrected chi connectivity index (χ0v) is 10.7. The Balaban J connectivity index is 2.17. The molecule has 0 heterocycles. The van der Waals surface area contributed by atoms with E-state index in [9.17, 15) is 5.11 Å². The highest BCUT2D eigenvalue weighted by molar-refractivity contribution is 5.36. The maximum absolute atomic E-state index is 9.36. The molecule has 2 rings (SSSR count). The van der Waals surface area contributed by atoms with Crippen LogP contribution in [0, 0.1) is 0 Å². The maximum atomic E-state index is 9.36. The number of rotatable bonds is 4. The van der Waals surface area contributed by atoms with Crippen LogP contribution in [0.2, 0.25) is 0 Å². The van der Waals surface area contributed by atoms with Crippen LogP contribution < -0.4 is 5.73 Å². The monoisotopic (exact) mass is 233 g/mol. The van der Waals surface area contributed by atoms with E-state index in [2.05, 4.69) is 25.1 Å². The van der Waals surface area contributed by atoms with Crippen LogP contribution in [0.4, 0.5) is 0 Å². The van der Waals surface area contributed by atoms with Gasteiger partial charge in [0.05, 0.1) is 6.61 Å². The lowest BCUT2D eigenvalue weighted by Crippen LogP contribution is -2.48. The summed E-state index contributed by atoms with van der Waals surface area (Å²) in [6.45, 7) is 2.31. The summed E-state index contributed by atoms with van der Waals surface area (Å²) in [5.41, 5.74) is 9.96. The SMILES string of the molecule is CCCCc1ccc2c(c1)CC(N)(CO)CC2. The van der Waals surface area contributed by atoms with Gasteiger partial charge in [-0.25, -0.2) is 0 Å². The van der Waals surface area contributed by atoms with Crippen molar-refractivity contribution in [2.75, 3.05) is 6.61 Å². The second kappa shape index (κ2) is 5.19. The molecule has 0 aromatic heterocycles. The standard InChI is InChI=1S/C15H23NO/c1-2-3-4-12-5-6-13-7-8-15(16,11-17)10-14(13)9-12/h5-6,9,17H,2-4,7-8,10-11,16H2,1H3. The number of fused-ring (bicyclic) bond motifs is 1. The minimum Gasteiger partial charge on any atom is -0.394 e. The van der Waals surface area contributed by atoms with Gasteiger partial charge in [0.25, 0.3) is 0 Å². The molecule has 0 bridgehead atoms. The summed E-state index contributed by atoms with van der Waals surface area (Å²) >= 11 is 0. The van der Waals surface area contributed by atoms with Gasteiger partial charge in [-0.2, -0.15) is 0 Å². The molecule has 0 fully saturated rings. The predicted molar refractivity (Wildman–Crippen MR) is 71.1 cm³/mol. The van der Waals surface area contributed by atoms with Gasteiger partial charge in [0.15, 0.2) is 0 Å². The van der Waals surface area contributed by atoms with E-state index in [1.165, 1.54) is 29.5 Å². The van der Waals surface area contributed by atoms with E-state index in [-0.39, 0.29) is 6.61 Å². The van der Waals surface area contributed by atoms with Gasteiger partial charge in [-0.05, 0) is 48.8 Å². The zero-order chi connectivity index (χ0) is 12.3. The lowest BCUT2D eigenvalue weighted by atomic mass is 9.78. The lowest BCUT2D eigenvalue weighted by Gasteiger charge is -2.33. The molecule has 3 N–H and O–H groups in total. The molecular formula is C15H23NO. The molecule has 1 aromatic carbocycles. The number of aliphatic hydroxyl groups excluding tert-OH is 1. The Labute approximate surface area is 104 Å². The Morgan fingerprint density at radius 1 is 1.35 bits per heavy atom. The number of hydrogen-bond donors (Lipinski definition) is 2. The highest BCUT2D eigenvalue weighted by Gasteiger charge is 2.29. The van der Waals surface area contributed by atoms with Crippen LogP contribution in [0.3, 0.4) is 0 Å². The smallest absolute Gasteiger partial charge is 0.0614 e. The number of unbranched alkanes of at least 4 members (excludes halogenated alkanes) is 1. The van der Waals surface area contributed by atoms with Gasteiger partial charge in [-0.3, -0.25) is 0 Å². The van der Waals surface area contributed by atoms with Crippen molar-refractivity contribution in [2.45, 2.75) is 51.0 Å². The fraction of sp³-hybridized carbons (Fsp3) is 0.600. The molecule has 17 heavy (non-hydrogen) atoms. The van der Waals surface area contributed by atoms with Gasteiger partial charge >= 0.3 is 0 Å². The van der Waals surface area contributed by atoms with Crippen LogP contribution >= 0.6 is 0 Å². The van der Waals surface area contributed by atoms with Crippen molar-refractivity contribution in [3.63, 3.8) is 0 Å². The lowest BCUT2D eigenvalue weighted by molar-refractivity contribution is 0.181. The molecule has 94 valence electrons. The Morgan fingerprint density at radius 3 is 2.88 bits per heavy atom. The summed E-state index contributed by atoms with van der Waals surface area (Å²) in [4.78, 5) is 0. The van der Waals surface area contributed by atoms with Gasteiger partial charge in [0.2, 0.25) is 0 Å². The normalized spacial score (nSPS) is 23.5. The third-order valence-electron chi connectivity index (χ3n) is 3.84. The first-order chi connectivity index (χ1) is 8.17. The highest BCUT2D eigenvalue weighted by Crippen LogP contribution is 2.28. The highest BCUT2D eigenvalue weighted by atomic mass is 16.3. The number of aliphatic hydroxyl groups is 1. The van der Waals surface area contributed by atoms with Crippen molar-refractivity contribution in [3.8, 4) is 0 Å². The molecular weight excluding hydrogens is 210 g/mol. The molecule has 0 saturated carbocycles. The second-order valence-corrected chi connectivity index (χ2v) is 5.40. The summed E-state index contributed by atoms with van der Waals surface area (Å²) in [7, 11) is 0. The van der Waals surface area contributed by atoms with Crippen LogP contribution in [-0.4, -0.2) is 17.3 Å². The first-order valence-corrected chi connectivity index (χ1v) is 6.67. The molecule has 0 spiro atoms. The molecule has 1 aromatic rings. The van der Waals surface area contributed by atoms with Crippen molar-refractivity contribution in [2.24, 2.45) is 5.73 Å². The van der Waals surface area contributed by atoms with Crippen LogP contribution in [0.25, 0.3) is 0 Å². The molecule has 2 heteroatoms. The van der Waals surface area contributed by atoms with Crippen molar-refractivity contribution in [3.05, 3.63) is 34.9 Å². The van der Waals surface area contributed by atoms with Crippen molar-refractivity contribution >= 4 is 0 Å². The molecule has 1 unspecified atom stereocenters. The summed E-state index contributed by atoms with van der Waals surface area (Å²) in [6.07, 6.45) is 6.34. The number of nitrogens with two attached hydrogens (primary N) is 1. The van der Waals surface area contributed by atoms with Gasteiger partial charge in [-0.1, -0.05) is 31.5 Å². The molecule has 0 aliphatic heterocycles. The minimum atomic E-state index is -0.392. The molecule has 0 saturated heterocycles. The number of hydrogen-bond acceptors (Lipinski definition) is 2. The average Bonchev–Trinajstić information content (AvgIpc) is 2.36. The second-order valence-electron chi connectivity index (χ2n) is 5.40. The Kier molecular flexibility index (Phi) is 3.85. The Morgan fingerprint density at radius 2 is 2.18 bits per heavy atom. The number of benzene rings is 1. The van der Waals surface area contributed by atoms with Crippen molar-refractivity contribution in [1.82, 2.24) is 0 Å². The van der Waals surface area contributed by atoms with Crippen molar-refractivity contribution < 1.29 is 5.11 Å². The van der Waals surface area contributed by atoms with Gasteiger partial charge < -0.3 is 10.8 Å². The minimum absolute atomic E-state index is 0.0889. The quantitative estimate of drug-likeness (QED) is 0.837. The predicted octanol–water partition coefficient (Wildman–Crippen LogP) is 2.21. The van der Waals surface area contributed by atoms with E-state index in [0.29, 0.717) is 0 Å². The molecule has 0 amide bonds. The van der Waals surface area contributed by atoms with Crippen LogP contribution in [-0.2, 0) is 19.3 Å². The summed E-state index contributed by atoms with van der Waals surface area (Å²) in [5.74, 6) is 0. The van der Waals surface area contributed by atoms with Gasteiger partial charge in [0.1, 0.15) is 0 Å². The van der Waals surface area contributed by atoms with E-state index in [4.69, 9.17) is 5.73 Å². The maximum Gasteiger partial charge on any atom is 0.0614 e. The zero-order valence-electron chi connectivity index (χ0n) is 10.7. The van der Waals surface area contributed by atoms with Crippen LogP contribution in [0.15, 0.2) is 18.2 Å². The third kappa shape index (κ3) is 2.88. The topological polar surface area (TPSA) is 46.2 Å². The molecule has 0 radical (unpaired) electrons. The summed E-state index contributed by atoms with van der Waals surface area (Å²) in [6, 6.07) is 6.79. The molecule has 2 nitrogen and oxygen atoms in total. The van der Waals surface area contributed by atoms with E-state index in [1.807, 2.05) is 0 Å². The van der Waals surface area contributed by atoms with E-state index >= 15 is 0 Å². The van der Waals surface area contributed by atoms with E-state index < -0.39 is 5.54 Å². The van der Waals surface area contributed by atoms with Crippen LogP contribution in [0.5, 0.6) is 0 Å². The largest absolute Gasteiger partial charge is 0.394 e. The number of aryl methyl sites for hydroxylation is 2. The fourth-order valence-electron chi connectivity index (χ4n) is 2.61. The molecule has 1 aliphatic rings. The average molecular weight is 233 g/mol. The van der Waals surface area contributed by atoms with E-state index in [1.54, 1.807) is 0 Å². The fourth-order valence-corrected chi connectivity index (χ4v) is 2.61. The first-order valence-electron chi connectivity index (χ1n) is 6.67. The third-order valence-corrected chi connectivity index (χ3v) is 3.84. The van der Waals surface area contributed by atoms with Gasteiger partial charge in [0, 0.05) is 5.54 Å². The van der Waals surface area contributed by atoms with Gasteiger partial charge in [-0.15, -0.1) is 0 Å². The Bertz CT molecular complexity index is 389. The summed E-state index contributed by atoms with van der Waals surface area (Å²) in [5, 5.41) is 9.36. The van der Waals surface area contributed by atoms with E-state index in [0.717, 1.165) is 25.7 Å². The molecule has 1 aliphatic carbocycles. The summed E-state index contributed by atoms with van der Waals surface area (Å²) < 4.78 is 0. The van der Waals surface area contributed by atoms with Crippen LogP contribution in [0.1, 0.15) is 42.9 Å². The first kappa shape index (κ1) is 12.6. The Hall–Kier alpha value is -0.860.